The largest absolute Gasteiger partial charge is 0.493 e. The monoisotopic (exact) mass is 630 g/mol. The van der Waals surface area contributed by atoms with Crippen molar-refractivity contribution < 1.29 is 28.5 Å². The van der Waals surface area contributed by atoms with Crippen molar-refractivity contribution >= 4 is 39.3 Å². The minimum absolute atomic E-state index is 0.188. The fraction of sp³-hybridized carbons (Fsp3) is 0.345. The molecule has 212 valence electrons. The van der Waals surface area contributed by atoms with Crippen LogP contribution in [0.1, 0.15) is 44.9 Å². The van der Waals surface area contributed by atoms with Crippen LogP contribution >= 0.6 is 27.3 Å². The summed E-state index contributed by atoms with van der Waals surface area (Å²) in [6, 6.07) is 8.20. The van der Waals surface area contributed by atoms with Crippen LogP contribution in [0, 0.1) is 0 Å². The van der Waals surface area contributed by atoms with Crippen LogP contribution in [0.4, 0.5) is 0 Å². The Morgan fingerprint density at radius 2 is 1.68 bits per heavy atom. The van der Waals surface area contributed by atoms with Crippen LogP contribution in [0.25, 0.3) is 6.08 Å². The van der Waals surface area contributed by atoms with Crippen LogP contribution < -0.4 is 33.8 Å². The number of fused-ring (bicyclic) bond motifs is 1. The summed E-state index contributed by atoms with van der Waals surface area (Å²) >= 11 is 4.82. The Labute approximate surface area is 244 Å². The molecule has 2 heterocycles. The Kier molecular flexibility index (Phi) is 9.36. The molecule has 0 amide bonds. The van der Waals surface area contributed by atoms with Gasteiger partial charge in [-0.15, -0.1) is 0 Å². The fourth-order valence-corrected chi connectivity index (χ4v) is 5.94. The molecular weight excluding hydrogens is 600 g/mol. The van der Waals surface area contributed by atoms with Gasteiger partial charge in [0.25, 0.3) is 5.56 Å². The third kappa shape index (κ3) is 5.66. The van der Waals surface area contributed by atoms with E-state index in [1.165, 1.54) is 15.9 Å². The Morgan fingerprint density at radius 3 is 2.30 bits per heavy atom. The zero-order chi connectivity index (χ0) is 29.0. The van der Waals surface area contributed by atoms with Crippen LogP contribution in [0.3, 0.4) is 0 Å². The molecule has 0 spiro atoms. The molecule has 1 aliphatic heterocycles. The Morgan fingerprint density at radius 1 is 1.00 bits per heavy atom. The highest BCUT2D eigenvalue weighted by molar-refractivity contribution is 9.10. The van der Waals surface area contributed by atoms with Gasteiger partial charge in [0.05, 0.1) is 55.9 Å². The molecule has 0 radical (unpaired) electrons. The molecule has 0 aliphatic carbocycles. The number of ether oxygens (including phenoxy) is 5. The van der Waals surface area contributed by atoms with Crippen molar-refractivity contribution in [2.45, 2.75) is 33.7 Å². The van der Waals surface area contributed by atoms with Crippen LogP contribution in [0.2, 0.25) is 0 Å². The standard InChI is InChI=1S/C29H31BrN2O7S/c1-7-37-22-12-17(10-11-20(22)35-5)26-25(28(34)39-9-3)16(4)31-29-32(26)27(33)24(40-29)14-18-13-23(38-8-2)21(36-6)15-19(18)30/h10-15,26H,7-9H2,1-6H3/b24-14+/t26-/m0/s1. The number of carbonyl (C=O) groups excluding carboxylic acids is 1. The first-order valence-corrected chi connectivity index (χ1v) is 14.4. The minimum atomic E-state index is -0.777. The summed E-state index contributed by atoms with van der Waals surface area (Å²) in [7, 11) is 3.13. The van der Waals surface area contributed by atoms with Gasteiger partial charge < -0.3 is 23.7 Å². The van der Waals surface area contributed by atoms with E-state index < -0.39 is 12.0 Å². The van der Waals surface area contributed by atoms with E-state index in [1.807, 2.05) is 26.0 Å². The van der Waals surface area contributed by atoms with Gasteiger partial charge in [-0.05, 0) is 69.2 Å². The van der Waals surface area contributed by atoms with Crippen molar-refractivity contribution in [3.63, 3.8) is 0 Å². The van der Waals surface area contributed by atoms with E-state index in [2.05, 4.69) is 20.9 Å². The van der Waals surface area contributed by atoms with Crippen molar-refractivity contribution in [1.29, 1.82) is 0 Å². The van der Waals surface area contributed by atoms with Gasteiger partial charge in [-0.1, -0.05) is 33.3 Å². The van der Waals surface area contributed by atoms with E-state index in [0.29, 0.717) is 56.8 Å². The molecule has 0 N–H and O–H groups in total. The third-order valence-electron chi connectivity index (χ3n) is 6.19. The summed E-state index contributed by atoms with van der Waals surface area (Å²) in [6.07, 6.45) is 1.77. The number of hydrogen-bond acceptors (Lipinski definition) is 9. The normalized spacial score (nSPS) is 14.9. The number of carbonyl (C=O) groups is 1. The molecule has 0 unspecified atom stereocenters. The fourth-order valence-electron chi connectivity index (χ4n) is 4.47. The lowest BCUT2D eigenvalue weighted by atomic mass is 9.95. The molecule has 0 saturated heterocycles. The number of hydrogen-bond donors (Lipinski definition) is 0. The number of allylic oxidation sites excluding steroid dienone is 1. The van der Waals surface area contributed by atoms with Gasteiger partial charge in [-0.25, -0.2) is 9.79 Å². The van der Waals surface area contributed by atoms with Crippen molar-refractivity contribution in [2.75, 3.05) is 34.0 Å². The number of thiazole rings is 1. The summed E-state index contributed by atoms with van der Waals surface area (Å²) in [4.78, 5) is 32.3. The van der Waals surface area contributed by atoms with Gasteiger partial charge in [0.2, 0.25) is 0 Å². The van der Waals surface area contributed by atoms with E-state index in [0.717, 1.165) is 10.0 Å². The molecule has 0 saturated carbocycles. The predicted octanol–water partition coefficient (Wildman–Crippen LogP) is 4.38. The van der Waals surface area contributed by atoms with Crippen LogP contribution in [0.15, 0.2) is 55.9 Å². The first-order chi connectivity index (χ1) is 19.3. The summed E-state index contributed by atoms with van der Waals surface area (Å²) in [5.41, 5.74) is 1.87. The van der Waals surface area contributed by atoms with Crippen LogP contribution in [-0.2, 0) is 9.53 Å². The topological polar surface area (TPSA) is 97.6 Å². The van der Waals surface area contributed by atoms with Crippen LogP contribution in [-0.4, -0.2) is 44.6 Å². The van der Waals surface area contributed by atoms with Crippen molar-refractivity contribution in [2.24, 2.45) is 4.99 Å². The summed E-state index contributed by atoms with van der Waals surface area (Å²) in [6.45, 7) is 8.31. The summed E-state index contributed by atoms with van der Waals surface area (Å²) in [5, 5.41) is 0. The molecule has 3 aromatic rings. The van der Waals surface area contributed by atoms with Crippen molar-refractivity contribution in [3.05, 3.63) is 76.9 Å². The maximum atomic E-state index is 14.0. The molecule has 0 bridgehead atoms. The second kappa shape index (κ2) is 12.7. The minimum Gasteiger partial charge on any atom is -0.493 e. The number of halogens is 1. The highest BCUT2D eigenvalue weighted by Gasteiger charge is 2.34. The smallest absolute Gasteiger partial charge is 0.338 e. The van der Waals surface area contributed by atoms with Crippen molar-refractivity contribution in [1.82, 2.24) is 4.57 Å². The molecular formula is C29H31BrN2O7S. The molecule has 4 rings (SSSR count). The number of esters is 1. The molecule has 1 aromatic heterocycles. The zero-order valence-corrected chi connectivity index (χ0v) is 25.6. The quantitative estimate of drug-likeness (QED) is 0.307. The number of aromatic nitrogens is 1. The lowest BCUT2D eigenvalue weighted by Gasteiger charge is -2.25. The average Bonchev–Trinajstić information content (AvgIpc) is 3.23. The molecule has 11 heteroatoms. The Bertz CT molecular complexity index is 1640. The van der Waals surface area contributed by atoms with Gasteiger partial charge in [0, 0.05) is 4.47 Å². The third-order valence-corrected chi connectivity index (χ3v) is 7.86. The molecule has 1 atom stereocenters. The maximum absolute atomic E-state index is 14.0. The lowest BCUT2D eigenvalue weighted by Crippen LogP contribution is -2.40. The van der Waals surface area contributed by atoms with Gasteiger partial charge in [0.15, 0.2) is 27.8 Å². The molecule has 9 nitrogen and oxygen atoms in total. The van der Waals surface area contributed by atoms with Gasteiger partial charge in [0.1, 0.15) is 0 Å². The lowest BCUT2D eigenvalue weighted by molar-refractivity contribution is -0.139. The van der Waals surface area contributed by atoms with Crippen LogP contribution in [0.5, 0.6) is 23.0 Å². The maximum Gasteiger partial charge on any atom is 0.338 e. The number of rotatable bonds is 10. The number of methoxy groups -OCH3 is 2. The van der Waals surface area contributed by atoms with E-state index >= 15 is 0 Å². The highest BCUT2D eigenvalue weighted by atomic mass is 79.9. The second-order valence-electron chi connectivity index (χ2n) is 8.60. The molecule has 40 heavy (non-hydrogen) atoms. The van der Waals surface area contributed by atoms with Gasteiger partial charge in [-0.2, -0.15) is 0 Å². The van der Waals surface area contributed by atoms with Gasteiger partial charge >= 0.3 is 5.97 Å². The first-order valence-electron chi connectivity index (χ1n) is 12.8. The summed E-state index contributed by atoms with van der Waals surface area (Å²) < 4.78 is 30.5. The summed E-state index contributed by atoms with van der Waals surface area (Å²) in [5.74, 6) is 1.66. The van der Waals surface area contributed by atoms with Gasteiger partial charge in [-0.3, -0.25) is 9.36 Å². The Balaban J connectivity index is 1.96. The molecule has 1 aliphatic rings. The van der Waals surface area contributed by atoms with E-state index in [4.69, 9.17) is 23.7 Å². The average molecular weight is 632 g/mol. The SMILES string of the molecule is CCOC(=O)C1=C(C)N=c2s/c(=C/c3cc(OCC)c(OC)cc3Br)c(=O)n2[C@H]1c1ccc(OC)c(OCC)c1. The first kappa shape index (κ1) is 29.4. The predicted molar refractivity (Wildman–Crippen MR) is 156 cm³/mol. The number of nitrogens with zero attached hydrogens (tertiary/aromatic N) is 2. The zero-order valence-electron chi connectivity index (χ0n) is 23.2. The number of benzene rings is 2. The van der Waals surface area contributed by atoms with E-state index in [-0.39, 0.29) is 17.7 Å². The highest BCUT2D eigenvalue weighted by Crippen LogP contribution is 2.37. The Hall–Kier alpha value is -3.57. The van der Waals surface area contributed by atoms with Crippen molar-refractivity contribution in [3.8, 4) is 23.0 Å². The molecule has 0 fully saturated rings. The van der Waals surface area contributed by atoms with E-state index in [9.17, 15) is 9.59 Å². The van der Waals surface area contributed by atoms with E-state index in [1.54, 1.807) is 52.3 Å². The second-order valence-corrected chi connectivity index (χ2v) is 10.5. The molecule has 2 aromatic carbocycles.